The number of carbonyl (C=O) groups excluding carboxylic acids is 2. The number of hydrogen-bond donors (Lipinski definition) is 7. The number of carboxylic acids is 1. The van der Waals surface area contributed by atoms with Crippen molar-refractivity contribution in [1.82, 2.24) is 34.9 Å². The molecule has 3 heterocycles. The summed E-state index contributed by atoms with van der Waals surface area (Å²) in [5, 5.41) is 27.5. The summed E-state index contributed by atoms with van der Waals surface area (Å²) in [5.41, 5.74) is 15.0. The highest BCUT2D eigenvalue weighted by molar-refractivity contribution is 7.84. The average molecular weight is 629 g/mol. The van der Waals surface area contributed by atoms with E-state index in [0.717, 1.165) is 11.3 Å². The van der Waals surface area contributed by atoms with Crippen molar-refractivity contribution in [2.45, 2.75) is 50.0 Å². The Kier molecular flexibility index (Phi) is 8.89. The molecule has 20 nitrogen and oxygen atoms in total. The van der Waals surface area contributed by atoms with E-state index in [0.29, 0.717) is 25.2 Å². The molecule has 2 unspecified atom stereocenters. The van der Waals surface area contributed by atoms with Crippen LogP contribution in [-0.2, 0) is 42.6 Å². The SMILES string of the molecule is NCCCNC(N)=NCc1cn(CC2C(NC(=O)/C(=N\OC3(C(=O)O)CC3)c3csc(N)n3)C(=O)N2S(=O)(=O)O)nn1. The van der Waals surface area contributed by atoms with Gasteiger partial charge in [-0.1, -0.05) is 10.4 Å². The Hall–Kier alpha value is -4.41. The molecule has 2 aromatic heterocycles. The fourth-order valence-electron chi connectivity index (χ4n) is 3.77. The van der Waals surface area contributed by atoms with Gasteiger partial charge in [-0.2, -0.15) is 8.42 Å². The zero-order valence-electron chi connectivity index (χ0n) is 21.8. The lowest BCUT2D eigenvalue weighted by Crippen LogP contribution is -2.73. The highest BCUT2D eigenvalue weighted by Crippen LogP contribution is 2.40. The zero-order chi connectivity index (χ0) is 30.7. The third-order valence-corrected chi connectivity index (χ3v) is 7.77. The van der Waals surface area contributed by atoms with Crippen molar-refractivity contribution in [2.24, 2.45) is 21.6 Å². The van der Waals surface area contributed by atoms with Gasteiger partial charge in [-0.05, 0) is 13.0 Å². The predicted octanol–water partition coefficient (Wildman–Crippen LogP) is -3.39. The second-order valence-corrected chi connectivity index (χ2v) is 11.4. The van der Waals surface area contributed by atoms with E-state index in [1.165, 1.54) is 16.3 Å². The summed E-state index contributed by atoms with van der Waals surface area (Å²) in [6.07, 6.45) is 2.43. The molecule has 4 rings (SSSR count). The normalized spacial score (nSPS) is 20.1. The van der Waals surface area contributed by atoms with Crippen LogP contribution < -0.4 is 27.8 Å². The Bertz CT molecular complexity index is 1520. The maximum absolute atomic E-state index is 13.2. The van der Waals surface area contributed by atoms with Gasteiger partial charge in [-0.15, -0.1) is 16.4 Å². The number of hydrogen-bond acceptors (Lipinski definition) is 14. The van der Waals surface area contributed by atoms with Gasteiger partial charge in [0.2, 0.25) is 5.60 Å². The Morgan fingerprint density at radius 2 is 2.07 bits per heavy atom. The molecule has 2 amide bonds. The first-order valence-corrected chi connectivity index (χ1v) is 14.6. The van der Waals surface area contributed by atoms with Crippen molar-refractivity contribution in [3.05, 3.63) is 23.0 Å². The average Bonchev–Trinajstić information content (AvgIpc) is 3.38. The second kappa shape index (κ2) is 12.2. The number of rotatable bonds is 14. The number of amides is 2. The smallest absolute Gasteiger partial charge is 0.362 e. The van der Waals surface area contributed by atoms with Crippen LogP contribution in [0.5, 0.6) is 0 Å². The van der Waals surface area contributed by atoms with Crippen LogP contribution >= 0.6 is 11.3 Å². The number of nitrogens with zero attached hydrogens (tertiary/aromatic N) is 7. The van der Waals surface area contributed by atoms with Gasteiger partial charge in [0.15, 0.2) is 16.8 Å². The maximum atomic E-state index is 13.2. The van der Waals surface area contributed by atoms with E-state index in [1.54, 1.807) is 0 Å². The minimum absolute atomic E-state index is 0.0294. The van der Waals surface area contributed by atoms with E-state index in [9.17, 15) is 32.5 Å². The molecule has 10 N–H and O–H groups in total. The van der Waals surface area contributed by atoms with Crippen LogP contribution in [-0.4, -0.2) is 103 Å². The van der Waals surface area contributed by atoms with Gasteiger partial charge in [-0.25, -0.2) is 23.8 Å². The van der Waals surface area contributed by atoms with Gasteiger partial charge in [-0.3, -0.25) is 14.1 Å². The molecule has 1 saturated heterocycles. The van der Waals surface area contributed by atoms with Crippen molar-refractivity contribution in [2.75, 3.05) is 18.8 Å². The van der Waals surface area contributed by atoms with Gasteiger partial charge in [0.05, 0.1) is 25.3 Å². The van der Waals surface area contributed by atoms with Crippen molar-refractivity contribution < 1.29 is 37.3 Å². The number of β-lactam (4-membered cyclic amide) rings is 1. The summed E-state index contributed by atoms with van der Waals surface area (Å²) in [6.45, 7) is 0.725. The van der Waals surface area contributed by atoms with Crippen LogP contribution in [0.4, 0.5) is 5.13 Å². The van der Waals surface area contributed by atoms with Crippen LogP contribution in [0.1, 0.15) is 30.7 Å². The second-order valence-electron chi connectivity index (χ2n) is 9.23. The molecular weight excluding hydrogens is 600 g/mol. The first-order chi connectivity index (χ1) is 19.8. The van der Waals surface area contributed by atoms with Crippen LogP contribution in [0.2, 0.25) is 0 Å². The molecule has 2 aliphatic rings. The molecule has 1 aliphatic carbocycles. The summed E-state index contributed by atoms with van der Waals surface area (Å²) in [7, 11) is -5.01. The number of thiazole rings is 1. The molecule has 2 atom stereocenters. The fraction of sp³-hybridized carbons (Fsp3) is 0.500. The number of carbonyl (C=O) groups is 3. The molecule has 1 aliphatic heterocycles. The lowest BCUT2D eigenvalue weighted by molar-refractivity contribution is -0.153. The first kappa shape index (κ1) is 30.5. The van der Waals surface area contributed by atoms with Crippen LogP contribution in [0.3, 0.4) is 0 Å². The molecule has 0 radical (unpaired) electrons. The molecule has 0 spiro atoms. The Labute approximate surface area is 241 Å². The van der Waals surface area contributed by atoms with Crippen LogP contribution in [0.15, 0.2) is 21.7 Å². The number of oxime groups is 1. The molecule has 42 heavy (non-hydrogen) atoms. The fourth-order valence-corrected chi connectivity index (χ4v) is 5.19. The summed E-state index contributed by atoms with van der Waals surface area (Å²) in [4.78, 5) is 50.6. The number of nitrogens with one attached hydrogen (secondary N) is 2. The molecule has 1 saturated carbocycles. The predicted molar refractivity (Wildman–Crippen MR) is 145 cm³/mol. The van der Waals surface area contributed by atoms with E-state index in [-0.39, 0.29) is 47.0 Å². The van der Waals surface area contributed by atoms with Gasteiger partial charge >= 0.3 is 16.3 Å². The third kappa shape index (κ3) is 6.89. The number of guanidine groups is 1. The maximum Gasteiger partial charge on any atom is 0.362 e. The summed E-state index contributed by atoms with van der Waals surface area (Å²) in [5.74, 6) is -3.29. The van der Waals surface area contributed by atoms with Gasteiger partial charge in [0.25, 0.3) is 11.8 Å². The highest BCUT2D eigenvalue weighted by atomic mass is 32.2. The van der Waals surface area contributed by atoms with E-state index >= 15 is 0 Å². The monoisotopic (exact) mass is 628 g/mol. The standard InChI is InChI=1S/C20H28N12O8S2/c21-4-1-5-24-18(22)25-6-10-7-31(30-28-10)8-12-14(16(34)32(12)42(37,38)39)27-15(33)13(11-9-41-19(23)26-11)29-40-20(2-3-20)17(35)36/h7,9,12,14H,1-6,8,21H2,(H2,23,26)(H,27,33)(H,35,36)(H3,22,24,25)(H,37,38,39)/b29-13-. The summed E-state index contributed by atoms with van der Waals surface area (Å²) < 4.78 is 34.9. The lowest BCUT2D eigenvalue weighted by atomic mass is 9.98. The topological polar surface area (TPSA) is 309 Å². The Balaban J connectivity index is 1.50. The van der Waals surface area contributed by atoms with Gasteiger partial charge in [0, 0.05) is 24.8 Å². The van der Waals surface area contributed by atoms with Crippen molar-refractivity contribution >= 4 is 56.2 Å². The van der Waals surface area contributed by atoms with Crippen molar-refractivity contribution in [3.8, 4) is 0 Å². The van der Waals surface area contributed by atoms with Crippen LogP contribution in [0.25, 0.3) is 0 Å². The van der Waals surface area contributed by atoms with Gasteiger partial charge in [0.1, 0.15) is 17.4 Å². The zero-order valence-corrected chi connectivity index (χ0v) is 23.4. The molecule has 2 aromatic rings. The van der Waals surface area contributed by atoms with Crippen molar-refractivity contribution in [1.29, 1.82) is 0 Å². The number of carboxylic acid groups (broad SMARTS) is 1. The molecule has 2 fully saturated rings. The summed E-state index contributed by atoms with van der Waals surface area (Å²) in [6, 6.07) is -2.79. The van der Waals surface area contributed by atoms with E-state index in [4.69, 9.17) is 22.0 Å². The number of nitrogens with two attached hydrogens (primary N) is 3. The minimum Gasteiger partial charge on any atom is -0.478 e. The Morgan fingerprint density at radius 3 is 2.67 bits per heavy atom. The van der Waals surface area contributed by atoms with E-state index < -0.39 is 51.5 Å². The third-order valence-electron chi connectivity index (χ3n) is 6.15. The van der Waals surface area contributed by atoms with Crippen molar-refractivity contribution in [3.63, 3.8) is 0 Å². The van der Waals surface area contributed by atoms with Gasteiger partial charge < -0.3 is 37.8 Å². The van der Waals surface area contributed by atoms with E-state index in [2.05, 4.69) is 36.1 Å². The Morgan fingerprint density at radius 1 is 1.33 bits per heavy atom. The van der Waals surface area contributed by atoms with E-state index in [1.807, 2.05) is 0 Å². The molecular formula is C20H28N12O8S2. The lowest BCUT2D eigenvalue weighted by Gasteiger charge is -2.43. The minimum atomic E-state index is -5.01. The van der Waals surface area contributed by atoms with Crippen LogP contribution in [0, 0.1) is 0 Å². The first-order valence-electron chi connectivity index (χ1n) is 12.3. The molecule has 22 heteroatoms. The number of aromatic nitrogens is 4. The highest BCUT2D eigenvalue weighted by Gasteiger charge is 2.56. The number of nitrogen functional groups attached to an aromatic ring is 1. The number of aliphatic imine (C=N–C) groups is 1. The molecule has 0 aromatic carbocycles. The number of aliphatic carboxylic acids is 1. The largest absolute Gasteiger partial charge is 0.478 e. The summed E-state index contributed by atoms with van der Waals surface area (Å²) >= 11 is 0.965. The molecule has 0 bridgehead atoms. The number of anilines is 1. The molecule has 228 valence electrons. The quantitative estimate of drug-likeness (QED) is 0.0268.